The zero-order valence-electron chi connectivity index (χ0n) is 11.2. The molecule has 1 atom stereocenters. The van der Waals surface area contributed by atoms with Crippen molar-refractivity contribution in [1.82, 2.24) is 5.32 Å². The van der Waals surface area contributed by atoms with Crippen molar-refractivity contribution in [3.05, 3.63) is 28.8 Å². The molecule has 0 heterocycles. The van der Waals surface area contributed by atoms with Gasteiger partial charge in [-0.05, 0) is 25.1 Å². The van der Waals surface area contributed by atoms with Gasteiger partial charge in [0.15, 0.2) is 6.61 Å². The van der Waals surface area contributed by atoms with Gasteiger partial charge in [-0.3, -0.25) is 4.79 Å². The zero-order valence-corrected chi connectivity index (χ0v) is 11.9. The lowest BCUT2D eigenvalue weighted by Crippen LogP contribution is -2.38. The van der Waals surface area contributed by atoms with E-state index in [1.807, 2.05) is 0 Å². The molecule has 0 aromatic heterocycles. The lowest BCUT2D eigenvalue weighted by atomic mass is 10.2. The standard InChI is InChI=1S/C13H16ClNO5/c1-8(6-19-2)15-12(16)7-20-11-4-3-9(14)5-10(11)13(17)18/h3-5,8H,6-7H2,1-2H3,(H,15,16)(H,17,18). The van der Waals surface area contributed by atoms with Gasteiger partial charge in [-0.2, -0.15) is 0 Å². The molecule has 2 N–H and O–H groups in total. The third-order valence-corrected chi connectivity index (χ3v) is 2.59. The van der Waals surface area contributed by atoms with Crippen LogP contribution in [0.3, 0.4) is 0 Å². The number of hydrogen-bond acceptors (Lipinski definition) is 4. The molecule has 0 saturated heterocycles. The van der Waals surface area contributed by atoms with Gasteiger partial charge in [0.05, 0.1) is 6.61 Å². The van der Waals surface area contributed by atoms with Gasteiger partial charge in [0.2, 0.25) is 0 Å². The third-order valence-electron chi connectivity index (χ3n) is 2.35. The highest BCUT2D eigenvalue weighted by Crippen LogP contribution is 2.22. The average molecular weight is 302 g/mol. The Morgan fingerprint density at radius 2 is 2.15 bits per heavy atom. The minimum atomic E-state index is -1.17. The van der Waals surface area contributed by atoms with Gasteiger partial charge in [-0.25, -0.2) is 4.79 Å². The molecule has 1 unspecified atom stereocenters. The molecule has 6 nitrogen and oxygen atoms in total. The molecule has 0 bridgehead atoms. The summed E-state index contributed by atoms with van der Waals surface area (Å²) in [6.07, 6.45) is 0. The monoisotopic (exact) mass is 301 g/mol. The first-order valence-corrected chi connectivity index (χ1v) is 6.25. The molecule has 0 aliphatic rings. The molecule has 0 radical (unpaired) electrons. The number of ether oxygens (including phenoxy) is 2. The minimum Gasteiger partial charge on any atom is -0.483 e. The predicted octanol–water partition coefficient (Wildman–Crippen LogP) is 1.57. The molecule has 1 amide bonds. The number of carbonyl (C=O) groups is 2. The topological polar surface area (TPSA) is 84.9 Å². The van der Waals surface area contributed by atoms with Crippen molar-refractivity contribution in [3.8, 4) is 5.75 Å². The minimum absolute atomic E-state index is 0.0877. The Labute approximate surface area is 121 Å². The molecule has 0 spiro atoms. The first-order valence-electron chi connectivity index (χ1n) is 5.88. The summed E-state index contributed by atoms with van der Waals surface area (Å²) in [6, 6.07) is 4.03. The summed E-state index contributed by atoms with van der Waals surface area (Å²) in [4.78, 5) is 22.6. The maximum Gasteiger partial charge on any atom is 0.339 e. The van der Waals surface area contributed by atoms with E-state index in [0.29, 0.717) is 6.61 Å². The van der Waals surface area contributed by atoms with Crippen molar-refractivity contribution >= 4 is 23.5 Å². The van der Waals surface area contributed by atoms with Crippen LogP contribution in [0.4, 0.5) is 0 Å². The van der Waals surface area contributed by atoms with Crippen LogP contribution in [0.5, 0.6) is 5.75 Å². The van der Waals surface area contributed by atoms with Gasteiger partial charge in [0, 0.05) is 18.2 Å². The second-order valence-electron chi connectivity index (χ2n) is 4.16. The maximum atomic E-state index is 11.6. The summed E-state index contributed by atoms with van der Waals surface area (Å²) in [6.45, 7) is 1.88. The fourth-order valence-electron chi connectivity index (χ4n) is 1.55. The summed E-state index contributed by atoms with van der Waals surface area (Å²) in [5, 5.41) is 11.9. The number of carboxylic acids is 1. The molecule has 7 heteroatoms. The van der Waals surface area contributed by atoms with Crippen molar-refractivity contribution in [1.29, 1.82) is 0 Å². The smallest absolute Gasteiger partial charge is 0.339 e. The van der Waals surface area contributed by atoms with Crippen LogP contribution in [0, 0.1) is 0 Å². The SMILES string of the molecule is COCC(C)NC(=O)COc1ccc(Cl)cc1C(=O)O. The summed E-state index contributed by atoms with van der Waals surface area (Å²) in [7, 11) is 1.53. The van der Waals surface area contributed by atoms with Crippen LogP contribution in [0.25, 0.3) is 0 Å². The Morgan fingerprint density at radius 1 is 1.45 bits per heavy atom. The van der Waals surface area contributed by atoms with Crippen LogP contribution in [0.1, 0.15) is 17.3 Å². The van der Waals surface area contributed by atoms with E-state index in [0.717, 1.165) is 0 Å². The molecule has 0 saturated carbocycles. The normalized spacial score (nSPS) is 11.8. The van der Waals surface area contributed by atoms with Crippen LogP contribution in [-0.4, -0.2) is 43.3 Å². The Kier molecular flexibility index (Phi) is 6.27. The van der Waals surface area contributed by atoms with E-state index in [1.165, 1.54) is 25.3 Å². The van der Waals surface area contributed by atoms with Crippen LogP contribution in [0.15, 0.2) is 18.2 Å². The van der Waals surface area contributed by atoms with Gasteiger partial charge in [0.1, 0.15) is 11.3 Å². The first kappa shape index (κ1) is 16.3. The highest BCUT2D eigenvalue weighted by Gasteiger charge is 2.14. The van der Waals surface area contributed by atoms with Gasteiger partial charge >= 0.3 is 5.97 Å². The third kappa shape index (κ3) is 5.07. The van der Waals surface area contributed by atoms with E-state index in [2.05, 4.69) is 5.32 Å². The molecule has 20 heavy (non-hydrogen) atoms. The largest absolute Gasteiger partial charge is 0.483 e. The van der Waals surface area contributed by atoms with E-state index in [9.17, 15) is 9.59 Å². The Balaban J connectivity index is 2.61. The highest BCUT2D eigenvalue weighted by atomic mass is 35.5. The number of aromatic carboxylic acids is 1. The number of benzene rings is 1. The summed E-state index contributed by atoms with van der Waals surface area (Å²) in [5.74, 6) is -1.44. The van der Waals surface area contributed by atoms with Crippen LogP contribution in [0.2, 0.25) is 5.02 Å². The maximum absolute atomic E-state index is 11.6. The van der Waals surface area contributed by atoms with Gasteiger partial charge in [0.25, 0.3) is 5.91 Å². The molecule has 1 rings (SSSR count). The number of hydrogen-bond donors (Lipinski definition) is 2. The number of nitrogens with one attached hydrogen (secondary N) is 1. The zero-order chi connectivity index (χ0) is 15.1. The number of amides is 1. The number of rotatable bonds is 7. The number of carboxylic acid groups (broad SMARTS) is 1. The fraction of sp³-hybridized carbons (Fsp3) is 0.385. The van der Waals surface area contributed by atoms with Crippen LogP contribution in [-0.2, 0) is 9.53 Å². The van der Waals surface area contributed by atoms with Crippen molar-refractivity contribution in [2.75, 3.05) is 20.3 Å². The second kappa shape index (κ2) is 7.72. The Hall–Kier alpha value is -1.79. The van der Waals surface area contributed by atoms with E-state index in [4.69, 9.17) is 26.2 Å². The molecular formula is C13H16ClNO5. The Bertz CT molecular complexity index is 492. The number of halogens is 1. The summed E-state index contributed by atoms with van der Waals surface area (Å²) in [5.41, 5.74) is -0.0877. The van der Waals surface area contributed by atoms with Crippen LogP contribution >= 0.6 is 11.6 Å². The fourth-order valence-corrected chi connectivity index (χ4v) is 1.72. The lowest BCUT2D eigenvalue weighted by Gasteiger charge is -2.14. The van der Waals surface area contributed by atoms with Crippen molar-refractivity contribution < 1.29 is 24.2 Å². The molecule has 0 aliphatic heterocycles. The quantitative estimate of drug-likeness (QED) is 0.798. The van der Waals surface area contributed by atoms with Gasteiger partial charge < -0.3 is 19.9 Å². The number of methoxy groups -OCH3 is 1. The second-order valence-corrected chi connectivity index (χ2v) is 4.59. The highest BCUT2D eigenvalue weighted by molar-refractivity contribution is 6.31. The average Bonchev–Trinajstić information content (AvgIpc) is 2.37. The Morgan fingerprint density at radius 3 is 2.75 bits per heavy atom. The van der Waals surface area contributed by atoms with Gasteiger partial charge in [-0.15, -0.1) is 0 Å². The summed E-state index contributed by atoms with van der Waals surface area (Å²) < 4.78 is 10.1. The van der Waals surface area contributed by atoms with E-state index < -0.39 is 5.97 Å². The molecule has 0 aliphatic carbocycles. The molecule has 0 fully saturated rings. The summed E-state index contributed by atoms with van der Waals surface area (Å²) >= 11 is 5.72. The predicted molar refractivity (Wildman–Crippen MR) is 73.4 cm³/mol. The number of carbonyl (C=O) groups excluding carboxylic acids is 1. The van der Waals surface area contributed by atoms with Crippen molar-refractivity contribution in [2.24, 2.45) is 0 Å². The molecule has 1 aromatic rings. The van der Waals surface area contributed by atoms with Crippen molar-refractivity contribution in [2.45, 2.75) is 13.0 Å². The van der Waals surface area contributed by atoms with Crippen LogP contribution < -0.4 is 10.1 Å². The van der Waals surface area contributed by atoms with E-state index in [1.54, 1.807) is 6.92 Å². The van der Waals surface area contributed by atoms with Gasteiger partial charge in [-0.1, -0.05) is 11.6 Å². The lowest BCUT2D eigenvalue weighted by molar-refractivity contribution is -0.124. The van der Waals surface area contributed by atoms with E-state index in [-0.39, 0.29) is 34.9 Å². The van der Waals surface area contributed by atoms with Crippen molar-refractivity contribution in [3.63, 3.8) is 0 Å². The molecular weight excluding hydrogens is 286 g/mol. The molecule has 1 aromatic carbocycles. The first-order chi connectivity index (χ1) is 9.43. The molecule has 110 valence electrons. The van der Waals surface area contributed by atoms with E-state index >= 15 is 0 Å².